The Morgan fingerprint density at radius 3 is 0.508 bits per heavy atom. The first-order valence-corrected chi connectivity index (χ1v) is 29.0. The summed E-state index contributed by atoms with van der Waals surface area (Å²) in [6.07, 6.45) is 73.1. The lowest BCUT2D eigenvalue weighted by molar-refractivity contribution is 0.0495. The zero-order valence-electron chi connectivity index (χ0n) is 42.7. The van der Waals surface area contributed by atoms with Crippen LogP contribution in [0.4, 0.5) is 0 Å². The van der Waals surface area contributed by atoms with E-state index in [1.165, 1.54) is 334 Å². The van der Waals surface area contributed by atoms with E-state index in [-0.39, 0.29) is 0 Å². The monoisotopic (exact) mass is 830 g/mol. The van der Waals surface area contributed by atoms with E-state index in [2.05, 4.69) is 39.5 Å². The molecule has 0 aliphatic rings. The van der Waals surface area contributed by atoms with Crippen LogP contribution in [0.2, 0.25) is 0 Å². The van der Waals surface area contributed by atoms with Gasteiger partial charge in [0.1, 0.15) is 0 Å². The van der Waals surface area contributed by atoms with Gasteiger partial charge in [0, 0.05) is 5.54 Å². The Kier molecular flexibility index (Phi) is 50.6. The highest BCUT2D eigenvalue weighted by molar-refractivity contribution is 4.91. The van der Waals surface area contributed by atoms with Gasteiger partial charge >= 0.3 is 0 Å². The van der Waals surface area contributed by atoms with Crippen molar-refractivity contribution >= 4 is 0 Å². The van der Waals surface area contributed by atoms with Crippen molar-refractivity contribution in [2.24, 2.45) is 0 Å². The average molecular weight is 831 g/mol. The molecule has 0 unspecified atom stereocenters. The van der Waals surface area contributed by atoms with Crippen molar-refractivity contribution in [2.75, 3.05) is 13.1 Å². The molecule has 0 amide bonds. The molecule has 0 heterocycles. The van der Waals surface area contributed by atoms with Gasteiger partial charge in [-0.05, 0) is 45.2 Å². The second-order valence-electron chi connectivity index (χ2n) is 20.3. The first kappa shape index (κ1) is 59.0. The lowest BCUT2D eigenvalue weighted by atomic mass is 9.79. The van der Waals surface area contributed by atoms with E-state index in [1.54, 1.807) is 0 Å². The molecule has 0 atom stereocenters. The zero-order chi connectivity index (χ0) is 42.8. The molecule has 0 aliphatic heterocycles. The van der Waals surface area contributed by atoms with Gasteiger partial charge in [-0.2, -0.15) is 0 Å². The summed E-state index contributed by atoms with van der Waals surface area (Å²) in [5, 5.41) is 0. The number of hydrogen-bond donors (Lipinski definition) is 0. The van der Waals surface area contributed by atoms with Crippen molar-refractivity contribution in [2.45, 2.75) is 361 Å². The molecule has 0 fully saturated rings. The van der Waals surface area contributed by atoms with Crippen molar-refractivity contribution in [3.63, 3.8) is 0 Å². The van der Waals surface area contributed by atoms with Crippen LogP contribution in [0.1, 0.15) is 356 Å². The van der Waals surface area contributed by atoms with E-state index in [0.717, 1.165) is 0 Å². The van der Waals surface area contributed by atoms with Crippen LogP contribution in [0.3, 0.4) is 0 Å². The van der Waals surface area contributed by atoms with Gasteiger partial charge in [-0.1, -0.05) is 324 Å². The van der Waals surface area contributed by atoms with Gasteiger partial charge in [-0.25, -0.2) is 0 Å². The topological polar surface area (TPSA) is 3.24 Å². The Hall–Kier alpha value is -0.0400. The van der Waals surface area contributed by atoms with E-state index < -0.39 is 0 Å². The molecular formula is C58H119N. The van der Waals surface area contributed by atoms with Crippen LogP contribution in [0.15, 0.2) is 0 Å². The number of unbranched alkanes of at least 4 members (excludes halogenated alkanes) is 42. The lowest BCUT2D eigenvalue weighted by Crippen LogP contribution is -2.50. The summed E-state index contributed by atoms with van der Waals surface area (Å²) in [6, 6.07) is 0. The molecule has 59 heavy (non-hydrogen) atoms. The largest absolute Gasteiger partial charge is 0.298 e. The molecule has 1 heteroatoms. The molecule has 0 aromatic heterocycles. The maximum absolute atomic E-state index is 3.11. The second-order valence-corrected chi connectivity index (χ2v) is 20.3. The maximum Gasteiger partial charge on any atom is 0.0209 e. The fourth-order valence-electron chi connectivity index (χ4n) is 10.3. The van der Waals surface area contributed by atoms with Gasteiger partial charge in [0.05, 0.1) is 0 Å². The third kappa shape index (κ3) is 41.7. The van der Waals surface area contributed by atoms with Gasteiger partial charge in [0.15, 0.2) is 0 Å². The molecule has 0 aromatic rings. The molecular weight excluding hydrogens is 711 g/mol. The van der Waals surface area contributed by atoms with Crippen molar-refractivity contribution in [3.05, 3.63) is 0 Å². The molecule has 0 saturated carbocycles. The van der Waals surface area contributed by atoms with Crippen LogP contribution in [-0.2, 0) is 0 Å². The predicted octanol–water partition coefficient (Wildman–Crippen LogP) is 21.6. The fraction of sp³-hybridized carbons (Fsp3) is 1.00. The normalized spacial score (nSPS) is 12.1. The fourth-order valence-corrected chi connectivity index (χ4v) is 10.3. The summed E-state index contributed by atoms with van der Waals surface area (Å²) in [5.74, 6) is 0. The van der Waals surface area contributed by atoms with Crippen molar-refractivity contribution in [1.29, 1.82) is 0 Å². The highest BCUT2D eigenvalue weighted by atomic mass is 15.2. The summed E-state index contributed by atoms with van der Waals surface area (Å²) < 4.78 is 0. The van der Waals surface area contributed by atoms with E-state index in [1.807, 2.05) is 0 Å². The molecule has 0 aliphatic carbocycles. The Balaban J connectivity index is 4.71. The Morgan fingerprint density at radius 1 is 0.186 bits per heavy atom. The second kappa shape index (κ2) is 50.6. The van der Waals surface area contributed by atoms with Gasteiger partial charge in [-0.15, -0.1) is 0 Å². The van der Waals surface area contributed by atoms with E-state index in [4.69, 9.17) is 0 Å². The van der Waals surface area contributed by atoms with Crippen LogP contribution >= 0.6 is 0 Å². The first-order chi connectivity index (χ1) is 29.2. The minimum atomic E-state index is 0.470. The molecule has 1 nitrogen and oxygen atoms in total. The predicted molar refractivity (Wildman–Crippen MR) is 274 cm³/mol. The molecule has 356 valence electrons. The third-order valence-corrected chi connectivity index (χ3v) is 14.5. The molecule has 0 rings (SSSR count). The minimum absolute atomic E-state index is 0.470. The van der Waals surface area contributed by atoms with E-state index in [0.29, 0.717) is 5.54 Å². The molecule has 0 N–H and O–H groups in total. The zero-order valence-corrected chi connectivity index (χ0v) is 42.7. The van der Waals surface area contributed by atoms with E-state index >= 15 is 0 Å². The standard InChI is InChI=1S/C58H119N/c1-6-11-16-19-22-24-26-28-30-32-34-36-38-40-42-45-48-51-54-58(53-50-47-44-21-18-13-8-3,59(56-14-9-4)57-15-10-5)55-52-49-46-43-41-39-37-35-33-31-29-27-25-23-20-17-12-7-2/h6-57H2,1-5H3. The SMILES string of the molecule is CCCCCCCCCCCCCCCCCCCCC(CCCCCCCCC)(CCCCCCCCCCCCCCCCCCCC)N(CCCC)CCCC. The Labute approximate surface area is 377 Å². The van der Waals surface area contributed by atoms with Crippen molar-refractivity contribution in [1.82, 2.24) is 4.90 Å². The summed E-state index contributed by atoms with van der Waals surface area (Å²) in [4.78, 5) is 3.11. The summed E-state index contributed by atoms with van der Waals surface area (Å²) >= 11 is 0. The van der Waals surface area contributed by atoms with Gasteiger partial charge < -0.3 is 0 Å². The molecule has 0 bridgehead atoms. The van der Waals surface area contributed by atoms with Gasteiger partial charge in [0.25, 0.3) is 0 Å². The summed E-state index contributed by atoms with van der Waals surface area (Å²) in [5.41, 5.74) is 0.470. The van der Waals surface area contributed by atoms with Crippen LogP contribution in [-0.4, -0.2) is 23.5 Å². The van der Waals surface area contributed by atoms with Crippen LogP contribution in [0.5, 0.6) is 0 Å². The molecule has 0 saturated heterocycles. The number of rotatable bonds is 53. The number of nitrogens with zero attached hydrogens (tertiary/aromatic N) is 1. The number of hydrogen-bond acceptors (Lipinski definition) is 1. The maximum atomic E-state index is 3.11. The quantitative estimate of drug-likeness (QED) is 0.0552. The first-order valence-electron chi connectivity index (χ1n) is 29.0. The Bertz CT molecular complexity index is 681. The van der Waals surface area contributed by atoms with Crippen molar-refractivity contribution in [3.8, 4) is 0 Å². The average Bonchev–Trinajstić information content (AvgIpc) is 3.25. The van der Waals surface area contributed by atoms with Gasteiger partial charge in [-0.3, -0.25) is 4.90 Å². The van der Waals surface area contributed by atoms with Crippen LogP contribution in [0, 0.1) is 0 Å². The van der Waals surface area contributed by atoms with Crippen LogP contribution in [0.25, 0.3) is 0 Å². The van der Waals surface area contributed by atoms with Gasteiger partial charge in [0.2, 0.25) is 0 Å². The summed E-state index contributed by atoms with van der Waals surface area (Å²) in [6.45, 7) is 14.5. The van der Waals surface area contributed by atoms with Crippen LogP contribution < -0.4 is 0 Å². The van der Waals surface area contributed by atoms with E-state index in [9.17, 15) is 0 Å². The summed E-state index contributed by atoms with van der Waals surface area (Å²) in [7, 11) is 0. The third-order valence-electron chi connectivity index (χ3n) is 14.5. The molecule has 0 aromatic carbocycles. The highest BCUT2D eigenvalue weighted by Gasteiger charge is 2.34. The van der Waals surface area contributed by atoms with Crippen molar-refractivity contribution < 1.29 is 0 Å². The molecule has 0 radical (unpaired) electrons. The molecule has 0 spiro atoms. The smallest absolute Gasteiger partial charge is 0.0209 e. The highest BCUT2D eigenvalue weighted by Crippen LogP contribution is 2.36. The lowest BCUT2D eigenvalue weighted by Gasteiger charge is -2.46. The Morgan fingerprint density at radius 2 is 0.339 bits per heavy atom. The minimum Gasteiger partial charge on any atom is -0.298 e.